The average molecular weight is 597 g/mol. The van der Waals surface area contributed by atoms with Crippen LogP contribution in [0.5, 0.6) is 11.5 Å². The number of ether oxygens (including phenoxy) is 2. The molecule has 0 saturated heterocycles. The molecule has 0 aliphatic heterocycles. The second-order valence-electron chi connectivity index (χ2n) is 10.3. The quantitative estimate of drug-likeness (QED) is 0.168. The molecule has 2 amide bonds. The Kier molecular flexibility index (Phi) is 8.89. The van der Waals surface area contributed by atoms with Crippen molar-refractivity contribution in [1.82, 2.24) is 20.4 Å². The van der Waals surface area contributed by atoms with Crippen molar-refractivity contribution in [2.24, 2.45) is 0 Å². The number of aromatic amines is 1. The highest BCUT2D eigenvalue weighted by atomic mass is 35.5. The van der Waals surface area contributed by atoms with Crippen LogP contribution >= 0.6 is 23.2 Å². The summed E-state index contributed by atoms with van der Waals surface area (Å²) >= 11 is 13.2. The topological polar surface area (TPSA) is 114 Å². The molecule has 0 fully saturated rings. The fourth-order valence-electron chi connectivity index (χ4n) is 3.97. The number of rotatable bonds is 7. The number of nitrogens with zero attached hydrogens (tertiary/aromatic N) is 2. The normalized spacial score (nSPS) is 12.1. The SMILES string of the molecule is CCC(C)N(NC(=O)OC(C)(C)C)C(=O)c1cnc2[nH]cc(C(=O)c3ccc(Oc4ccccc4)cc3Cl)c2c1Cl. The van der Waals surface area contributed by atoms with Crippen LogP contribution in [0.4, 0.5) is 4.79 Å². The lowest BCUT2D eigenvalue weighted by Gasteiger charge is -2.30. The first-order valence-electron chi connectivity index (χ1n) is 13.0. The van der Waals surface area contributed by atoms with Gasteiger partial charge < -0.3 is 14.5 Å². The zero-order valence-electron chi connectivity index (χ0n) is 23.2. The van der Waals surface area contributed by atoms with E-state index in [0.29, 0.717) is 23.6 Å². The third kappa shape index (κ3) is 6.81. The number of carbonyl (C=O) groups is 3. The van der Waals surface area contributed by atoms with Gasteiger partial charge in [0.2, 0.25) is 0 Å². The Morgan fingerprint density at radius 1 is 1.02 bits per heavy atom. The molecule has 0 spiro atoms. The number of benzene rings is 2. The average Bonchev–Trinajstić information content (AvgIpc) is 3.36. The van der Waals surface area contributed by atoms with Crippen molar-refractivity contribution in [3.63, 3.8) is 0 Å². The van der Waals surface area contributed by atoms with Crippen LogP contribution in [0.2, 0.25) is 10.0 Å². The predicted octanol–water partition coefficient (Wildman–Crippen LogP) is 7.57. The number of amides is 2. The summed E-state index contributed by atoms with van der Waals surface area (Å²) < 4.78 is 11.1. The number of nitrogens with one attached hydrogen (secondary N) is 2. The fraction of sp³-hybridized carbons (Fsp3) is 0.267. The van der Waals surface area contributed by atoms with Crippen molar-refractivity contribution in [1.29, 1.82) is 0 Å². The minimum atomic E-state index is -0.789. The van der Waals surface area contributed by atoms with Crippen LogP contribution in [0.25, 0.3) is 11.0 Å². The summed E-state index contributed by atoms with van der Waals surface area (Å²) in [5, 5.41) is 1.59. The number of hydrogen-bond acceptors (Lipinski definition) is 6. The third-order valence-electron chi connectivity index (χ3n) is 6.14. The van der Waals surface area contributed by atoms with Gasteiger partial charge in [-0.15, -0.1) is 0 Å². The summed E-state index contributed by atoms with van der Waals surface area (Å²) in [5.74, 6) is 0.0601. The lowest BCUT2D eigenvalue weighted by molar-refractivity contribution is 0.0225. The second-order valence-corrected chi connectivity index (χ2v) is 11.1. The maximum Gasteiger partial charge on any atom is 0.426 e. The largest absolute Gasteiger partial charge is 0.457 e. The van der Waals surface area contributed by atoms with Gasteiger partial charge in [-0.1, -0.05) is 48.3 Å². The Bertz CT molecular complexity index is 1600. The number of H-pyrrole nitrogens is 1. The monoisotopic (exact) mass is 596 g/mol. The molecule has 2 aromatic carbocycles. The molecule has 41 heavy (non-hydrogen) atoms. The number of hydrogen-bond donors (Lipinski definition) is 2. The molecule has 2 heterocycles. The van der Waals surface area contributed by atoms with Gasteiger partial charge in [0.1, 0.15) is 22.7 Å². The maximum atomic E-state index is 13.6. The van der Waals surface area contributed by atoms with E-state index in [4.69, 9.17) is 32.7 Å². The van der Waals surface area contributed by atoms with E-state index in [0.717, 1.165) is 5.01 Å². The summed E-state index contributed by atoms with van der Waals surface area (Å²) in [7, 11) is 0. The van der Waals surface area contributed by atoms with E-state index in [2.05, 4.69) is 15.4 Å². The number of pyridine rings is 1. The van der Waals surface area contributed by atoms with Crippen LogP contribution in [-0.2, 0) is 4.74 Å². The number of carbonyl (C=O) groups excluding carboxylic acids is 3. The van der Waals surface area contributed by atoms with Crippen molar-refractivity contribution in [3.05, 3.63) is 87.7 Å². The lowest BCUT2D eigenvalue weighted by atomic mass is 10.0. The van der Waals surface area contributed by atoms with E-state index in [1.807, 2.05) is 25.1 Å². The van der Waals surface area contributed by atoms with Gasteiger partial charge in [-0.25, -0.2) is 20.2 Å². The molecule has 0 radical (unpaired) electrons. The van der Waals surface area contributed by atoms with E-state index < -0.39 is 29.4 Å². The van der Waals surface area contributed by atoms with Crippen molar-refractivity contribution in [2.45, 2.75) is 52.7 Å². The van der Waals surface area contributed by atoms with Gasteiger partial charge in [0.15, 0.2) is 5.78 Å². The minimum absolute atomic E-state index is 0.00174. The molecule has 0 aliphatic rings. The molecule has 214 valence electrons. The van der Waals surface area contributed by atoms with Crippen molar-refractivity contribution in [2.75, 3.05) is 0 Å². The van der Waals surface area contributed by atoms with Gasteiger partial charge in [0.05, 0.1) is 27.2 Å². The van der Waals surface area contributed by atoms with Crippen LogP contribution in [0.15, 0.2) is 60.9 Å². The highest BCUT2D eigenvalue weighted by Crippen LogP contribution is 2.33. The highest BCUT2D eigenvalue weighted by molar-refractivity contribution is 6.41. The predicted molar refractivity (Wildman–Crippen MR) is 158 cm³/mol. The number of aromatic nitrogens is 2. The molecule has 4 rings (SSSR count). The standard InChI is InChI=1S/C30H30Cl2N4O5/c1-6-17(2)36(35-29(39)41-30(3,4)5)28(38)22-16-34-27-24(25(22)32)21(15-33-27)26(37)20-13-12-19(14-23(20)31)40-18-10-8-7-9-11-18/h7-17H,6H2,1-5H3,(H,33,34)(H,35,39). The Balaban J connectivity index is 1.66. The molecule has 4 aromatic rings. The smallest absolute Gasteiger partial charge is 0.426 e. The molecular formula is C30H30Cl2N4O5. The summed E-state index contributed by atoms with van der Waals surface area (Å²) in [6.07, 6.45) is 2.51. The molecule has 11 heteroatoms. The Labute approximate surface area is 247 Å². The molecule has 2 N–H and O–H groups in total. The molecule has 2 aromatic heterocycles. The molecule has 1 atom stereocenters. The van der Waals surface area contributed by atoms with E-state index in [9.17, 15) is 14.4 Å². The Hall–Kier alpha value is -4.08. The number of ketones is 1. The summed E-state index contributed by atoms with van der Waals surface area (Å²) in [6, 6.07) is 13.5. The van der Waals surface area contributed by atoms with Crippen LogP contribution < -0.4 is 10.2 Å². The number of para-hydroxylation sites is 1. The minimum Gasteiger partial charge on any atom is -0.457 e. The van der Waals surface area contributed by atoms with Gasteiger partial charge >= 0.3 is 6.09 Å². The first-order valence-corrected chi connectivity index (χ1v) is 13.7. The van der Waals surface area contributed by atoms with E-state index >= 15 is 0 Å². The zero-order chi connectivity index (χ0) is 29.9. The number of hydrazine groups is 1. The molecule has 1 unspecified atom stereocenters. The fourth-order valence-corrected chi connectivity index (χ4v) is 4.55. The van der Waals surface area contributed by atoms with Crippen LogP contribution in [0.3, 0.4) is 0 Å². The summed E-state index contributed by atoms with van der Waals surface area (Å²) in [4.78, 5) is 47.0. The van der Waals surface area contributed by atoms with Crippen LogP contribution in [0.1, 0.15) is 67.3 Å². The van der Waals surface area contributed by atoms with Gasteiger partial charge in [-0.3, -0.25) is 9.59 Å². The molecule has 0 saturated carbocycles. The van der Waals surface area contributed by atoms with Gasteiger partial charge in [0, 0.05) is 29.4 Å². The van der Waals surface area contributed by atoms with Crippen LogP contribution in [-0.4, -0.2) is 44.4 Å². The maximum absolute atomic E-state index is 13.6. The molecule has 0 bridgehead atoms. The number of fused-ring (bicyclic) bond motifs is 1. The Morgan fingerprint density at radius 2 is 1.73 bits per heavy atom. The molecule has 0 aliphatic carbocycles. The van der Waals surface area contributed by atoms with E-state index in [1.165, 1.54) is 12.4 Å². The number of halogens is 2. The first kappa shape index (κ1) is 29.9. The van der Waals surface area contributed by atoms with E-state index in [-0.39, 0.29) is 32.1 Å². The van der Waals surface area contributed by atoms with Crippen molar-refractivity contribution in [3.8, 4) is 11.5 Å². The zero-order valence-corrected chi connectivity index (χ0v) is 24.8. The highest BCUT2D eigenvalue weighted by Gasteiger charge is 2.29. The first-order chi connectivity index (χ1) is 19.4. The third-order valence-corrected chi connectivity index (χ3v) is 6.84. The van der Waals surface area contributed by atoms with Crippen LogP contribution in [0, 0.1) is 0 Å². The lowest BCUT2D eigenvalue weighted by Crippen LogP contribution is -2.52. The van der Waals surface area contributed by atoms with Gasteiger partial charge in [0.25, 0.3) is 5.91 Å². The second kappa shape index (κ2) is 12.2. The molecule has 9 nitrogen and oxygen atoms in total. The summed E-state index contributed by atoms with van der Waals surface area (Å²) in [6.45, 7) is 8.80. The summed E-state index contributed by atoms with van der Waals surface area (Å²) in [5.41, 5.74) is 2.46. The Morgan fingerprint density at radius 3 is 2.37 bits per heavy atom. The van der Waals surface area contributed by atoms with E-state index in [1.54, 1.807) is 58.0 Å². The van der Waals surface area contributed by atoms with Gasteiger partial charge in [-0.05, 0) is 58.4 Å². The molecular weight excluding hydrogens is 567 g/mol. The van der Waals surface area contributed by atoms with Crippen molar-refractivity contribution < 1.29 is 23.9 Å². The van der Waals surface area contributed by atoms with Gasteiger partial charge in [-0.2, -0.15) is 0 Å². The van der Waals surface area contributed by atoms with Crippen molar-refractivity contribution >= 4 is 52.0 Å².